The lowest BCUT2D eigenvalue weighted by atomic mass is 9.94. The molecule has 2 N–H and O–H groups in total. The van der Waals surface area contributed by atoms with Crippen molar-refractivity contribution in [2.24, 2.45) is 5.16 Å². The highest BCUT2D eigenvalue weighted by molar-refractivity contribution is 7.12. The maximum Gasteiger partial charge on any atom is 0.252 e. The Kier molecular flexibility index (Phi) is 3.65. The van der Waals surface area contributed by atoms with Crippen molar-refractivity contribution in [1.29, 1.82) is 0 Å². The standard InChI is InChI=1S/C18H18N2O2S/c21-18(19-16-9-13(16)11-5-2-1-3-6-11)14-10-23-17-12(14)7-4-8-15(17)20-22/h1-3,5-6,10,13,16,22H,4,7-9H2,(H,19,21)/b20-15-/t13-,16+/m0/s1. The van der Waals surface area contributed by atoms with Crippen LogP contribution in [0.2, 0.25) is 0 Å². The third kappa shape index (κ3) is 2.65. The molecule has 1 aromatic carbocycles. The van der Waals surface area contributed by atoms with E-state index in [1.54, 1.807) is 0 Å². The van der Waals surface area contributed by atoms with Crippen molar-refractivity contribution < 1.29 is 10.0 Å². The minimum atomic E-state index is 0.00474. The van der Waals surface area contributed by atoms with E-state index < -0.39 is 0 Å². The first-order valence-corrected chi connectivity index (χ1v) is 8.83. The zero-order valence-electron chi connectivity index (χ0n) is 12.7. The van der Waals surface area contributed by atoms with Crippen molar-refractivity contribution >= 4 is 23.0 Å². The van der Waals surface area contributed by atoms with Crippen LogP contribution in [0.15, 0.2) is 40.9 Å². The molecule has 0 radical (unpaired) electrons. The molecule has 2 aromatic rings. The fourth-order valence-corrected chi connectivity index (χ4v) is 4.49. The molecule has 2 aliphatic carbocycles. The van der Waals surface area contributed by atoms with Crippen LogP contribution in [0.1, 0.15) is 51.5 Å². The number of benzene rings is 1. The lowest BCUT2D eigenvalue weighted by Crippen LogP contribution is -2.27. The summed E-state index contributed by atoms with van der Waals surface area (Å²) in [7, 11) is 0. The summed E-state index contributed by atoms with van der Waals surface area (Å²) in [4.78, 5) is 13.6. The fourth-order valence-electron chi connectivity index (χ4n) is 3.37. The Morgan fingerprint density at radius 2 is 2.09 bits per heavy atom. The number of hydrogen-bond acceptors (Lipinski definition) is 4. The van der Waals surface area contributed by atoms with Crippen LogP contribution in [0.3, 0.4) is 0 Å². The quantitative estimate of drug-likeness (QED) is 0.669. The summed E-state index contributed by atoms with van der Waals surface area (Å²) in [5.74, 6) is 0.439. The van der Waals surface area contributed by atoms with E-state index in [9.17, 15) is 4.79 Å². The third-order valence-corrected chi connectivity index (χ3v) is 5.77. The Balaban J connectivity index is 1.48. The Labute approximate surface area is 138 Å². The molecule has 1 aromatic heterocycles. The summed E-state index contributed by atoms with van der Waals surface area (Å²) in [5.41, 5.74) is 3.80. The Bertz CT molecular complexity index is 767. The zero-order valence-corrected chi connectivity index (χ0v) is 13.5. The monoisotopic (exact) mass is 326 g/mol. The molecular weight excluding hydrogens is 308 g/mol. The predicted molar refractivity (Wildman–Crippen MR) is 90.6 cm³/mol. The molecule has 0 spiro atoms. The van der Waals surface area contributed by atoms with Crippen LogP contribution in [0.25, 0.3) is 0 Å². The van der Waals surface area contributed by atoms with Gasteiger partial charge in [0.25, 0.3) is 5.91 Å². The van der Waals surface area contributed by atoms with Gasteiger partial charge >= 0.3 is 0 Å². The molecule has 1 fully saturated rings. The summed E-state index contributed by atoms with van der Waals surface area (Å²) in [6.45, 7) is 0. The molecular formula is C18H18N2O2S. The Hall–Kier alpha value is -2.14. The van der Waals surface area contributed by atoms with Crippen LogP contribution < -0.4 is 5.32 Å². The van der Waals surface area contributed by atoms with Crippen LogP contribution in [0.5, 0.6) is 0 Å². The molecule has 5 heteroatoms. The van der Waals surface area contributed by atoms with E-state index in [1.165, 1.54) is 16.9 Å². The molecule has 23 heavy (non-hydrogen) atoms. The van der Waals surface area contributed by atoms with Gasteiger partial charge in [0.15, 0.2) is 0 Å². The lowest BCUT2D eigenvalue weighted by molar-refractivity contribution is 0.0950. The van der Waals surface area contributed by atoms with Crippen LogP contribution >= 0.6 is 11.3 Å². The highest BCUT2D eigenvalue weighted by Gasteiger charge is 2.40. The van der Waals surface area contributed by atoms with Gasteiger partial charge in [0, 0.05) is 17.3 Å². The third-order valence-electron chi connectivity index (χ3n) is 4.70. The molecule has 1 amide bonds. The number of fused-ring (bicyclic) bond motifs is 1. The minimum absolute atomic E-state index is 0.00474. The van der Waals surface area contributed by atoms with E-state index in [4.69, 9.17) is 5.21 Å². The van der Waals surface area contributed by atoms with Gasteiger partial charge in [-0.2, -0.15) is 0 Å². The van der Waals surface area contributed by atoms with Gasteiger partial charge in [0.05, 0.1) is 16.2 Å². The molecule has 0 bridgehead atoms. The predicted octanol–water partition coefficient (Wildman–Crippen LogP) is 3.55. The molecule has 118 valence electrons. The largest absolute Gasteiger partial charge is 0.411 e. The van der Waals surface area contributed by atoms with Crippen molar-refractivity contribution in [2.75, 3.05) is 0 Å². The summed E-state index contributed by atoms with van der Waals surface area (Å²) >= 11 is 1.51. The lowest BCUT2D eigenvalue weighted by Gasteiger charge is -2.14. The van der Waals surface area contributed by atoms with Gasteiger partial charge in [-0.25, -0.2) is 0 Å². The van der Waals surface area contributed by atoms with Crippen LogP contribution in [0.4, 0.5) is 0 Å². The number of rotatable bonds is 3. The first kappa shape index (κ1) is 14.5. The van der Waals surface area contributed by atoms with Crippen molar-refractivity contribution in [3.8, 4) is 0 Å². The number of thiophene rings is 1. The summed E-state index contributed by atoms with van der Waals surface area (Å²) in [6.07, 6.45) is 3.60. The van der Waals surface area contributed by atoms with Gasteiger partial charge in [-0.1, -0.05) is 35.5 Å². The maximum absolute atomic E-state index is 12.6. The normalized spacial score (nSPS) is 24.3. The zero-order chi connectivity index (χ0) is 15.8. The molecule has 1 saturated carbocycles. The SMILES string of the molecule is O=C(N[C@@H]1C[C@H]1c1ccccc1)c1csc2c1CCC/C2=N/O. The average molecular weight is 326 g/mol. The number of nitrogens with one attached hydrogen (secondary N) is 1. The van der Waals surface area contributed by atoms with E-state index in [2.05, 4.69) is 22.6 Å². The van der Waals surface area contributed by atoms with E-state index in [1.807, 2.05) is 23.6 Å². The Morgan fingerprint density at radius 3 is 2.87 bits per heavy atom. The van der Waals surface area contributed by atoms with Crippen molar-refractivity contribution in [2.45, 2.75) is 37.6 Å². The van der Waals surface area contributed by atoms with E-state index in [0.29, 0.717) is 11.6 Å². The minimum Gasteiger partial charge on any atom is -0.411 e. The first-order chi connectivity index (χ1) is 11.3. The van der Waals surface area contributed by atoms with Crippen molar-refractivity contribution in [3.63, 3.8) is 0 Å². The summed E-state index contributed by atoms with van der Waals surface area (Å²) in [6, 6.07) is 10.6. The highest BCUT2D eigenvalue weighted by atomic mass is 32.1. The van der Waals surface area contributed by atoms with E-state index in [0.717, 1.165) is 41.7 Å². The summed E-state index contributed by atoms with van der Waals surface area (Å²) in [5, 5.41) is 17.5. The van der Waals surface area contributed by atoms with Gasteiger partial charge in [-0.15, -0.1) is 11.3 Å². The number of carbonyl (C=O) groups is 1. The van der Waals surface area contributed by atoms with Crippen molar-refractivity contribution in [3.05, 3.63) is 57.3 Å². The molecule has 2 aliphatic rings. The van der Waals surface area contributed by atoms with Gasteiger partial charge < -0.3 is 10.5 Å². The topological polar surface area (TPSA) is 61.7 Å². The first-order valence-electron chi connectivity index (χ1n) is 7.95. The number of carbonyl (C=O) groups excluding carboxylic acids is 1. The Morgan fingerprint density at radius 1 is 1.26 bits per heavy atom. The van der Waals surface area contributed by atoms with Crippen LogP contribution in [-0.4, -0.2) is 22.9 Å². The number of amides is 1. The average Bonchev–Trinajstić information content (AvgIpc) is 3.21. The molecule has 0 unspecified atom stereocenters. The maximum atomic E-state index is 12.6. The molecule has 1 heterocycles. The molecule has 4 rings (SSSR count). The van der Waals surface area contributed by atoms with E-state index >= 15 is 0 Å². The van der Waals surface area contributed by atoms with E-state index in [-0.39, 0.29) is 11.9 Å². The molecule has 0 saturated heterocycles. The van der Waals surface area contributed by atoms with Gasteiger partial charge in [0.2, 0.25) is 0 Å². The smallest absolute Gasteiger partial charge is 0.252 e. The van der Waals surface area contributed by atoms with Gasteiger partial charge in [-0.05, 0) is 36.8 Å². The molecule has 0 aliphatic heterocycles. The van der Waals surface area contributed by atoms with Crippen molar-refractivity contribution in [1.82, 2.24) is 5.32 Å². The number of nitrogens with zero attached hydrogens (tertiary/aromatic N) is 1. The van der Waals surface area contributed by atoms with Gasteiger partial charge in [0.1, 0.15) is 0 Å². The second kappa shape index (κ2) is 5.81. The van der Waals surface area contributed by atoms with Crippen LogP contribution in [0, 0.1) is 0 Å². The fraction of sp³-hybridized carbons (Fsp3) is 0.333. The number of oxime groups is 1. The summed E-state index contributed by atoms with van der Waals surface area (Å²) < 4.78 is 0. The highest BCUT2D eigenvalue weighted by Crippen LogP contribution is 2.41. The van der Waals surface area contributed by atoms with Crippen LogP contribution in [-0.2, 0) is 6.42 Å². The second-order valence-electron chi connectivity index (χ2n) is 6.19. The second-order valence-corrected chi connectivity index (χ2v) is 7.07. The molecule has 2 atom stereocenters. The number of hydrogen-bond donors (Lipinski definition) is 2. The molecule has 4 nitrogen and oxygen atoms in total. The van der Waals surface area contributed by atoms with Gasteiger partial charge in [-0.3, -0.25) is 4.79 Å².